The average molecular weight is 557 g/mol. The van der Waals surface area contributed by atoms with Crippen LogP contribution in [-0.4, -0.2) is 50.5 Å². The van der Waals surface area contributed by atoms with E-state index in [-0.39, 0.29) is 31.3 Å². The van der Waals surface area contributed by atoms with E-state index in [9.17, 15) is 18.0 Å². The van der Waals surface area contributed by atoms with E-state index in [2.05, 4.69) is 5.32 Å². The van der Waals surface area contributed by atoms with Gasteiger partial charge in [-0.1, -0.05) is 42.3 Å². The van der Waals surface area contributed by atoms with E-state index in [0.717, 1.165) is 29.4 Å². The molecule has 0 heterocycles. The predicted octanol–water partition coefficient (Wildman–Crippen LogP) is 5.10. The standard InChI is InChI=1S/C26H35Cl2N3O4S/c1-6-13-29-26(33)20(4)30(17-21-10-12-23(27)24(28)16-21)25(32)8-7-14-31(36(5,34)35)22-11-9-18(2)19(3)15-22/h9-12,15-16,20H,6-8,13-14,17H2,1-5H3,(H,29,33)/t20-/m1/s1. The van der Waals surface area contributed by atoms with Crippen molar-refractivity contribution >= 4 is 50.7 Å². The van der Waals surface area contributed by atoms with Gasteiger partial charge in [-0.3, -0.25) is 13.9 Å². The highest BCUT2D eigenvalue weighted by Gasteiger charge is 2.26. The van der Waals surface area contributed by atoms with Crippen molar-refractivity contribution < 1.29 is 18.0 Å². The maximum absolute atomic E-state index is 13.3. The normalized spacial score (nSPS) is 12.2. The number of rotatable bonds is 12. The van der Waals surface area contributed by atoms with Crippen molar-refractivity contribution in [1.29, 1.82) is 0 Å². The van der Waals surface area contributed by atoms with Crippen molar-refractivity contribution in [3.63, 3.8) is 0 Å². The molecule has 0 radical (unpaired) electrons. The number of nitrogens with one attached hydrogen (secondary N) is 1. The molecule has 0 aromatic heterocycles. The molecule has 1 N–H and O–H groups in total. The summed E-state index contributed by atoms with van der Waals surface area (Å²) in [6, 6.07) is 9.84. The van der Waals surface area contributed by atoms with E-state index in [1.807, 2.05) is 32.9 Å². The first kappa shape index (κ1) is 29.9. The van der Waals surface area contributed by atoms with Crippen LogP contribution < -0.4 is 9.62 Å². The Morgan fingerprint density at radius 2 is 1.72 bits per heavy atom. The van der Waals surface area contributed by atoms with E-state index in [4.69, 9.17) is 23.2 Å². The summed E-state index contributed by atoms with van der Waals surface area (Å²) in [7, 11) is -3.55. The van der Waals surface area contributed by atoms with Crippen LogP contribution in [0.4, 0.5) is 5.69 Å². The first-order valence-corrected chi connectivity index (χ1v) is 14.5. The van der Waals surface area contributed by atoms with Crippen LogP contribution in [0.15, 0.2) is 36.4 Å². The van der Waals surface area contributed by atoms with Gasteiger partial charge in [0.25, 0.3) is 0 Å². The molecule has 10 heteroatoms. The zero-order valence-electron chi connectivity index (χ0n) is 21.5. The molecule has 0 saturated heterocycles. The number of nitrogens with zero attached hydrogens (tertiary/aromatic N) is 2. The number of anilines is 1. The monoisotopic (exact) mass is 555 g/mol. The minimum atomic E-state index is -3.55. The first-order chi connectivity index (χ1) is 16.8. The summed E-state index contributed by atoms with van der Waals surface area (Å²) < 4.78 is 26.3. The first-order valence-electron chi connectivity index (χ1n) is 11.9. The van der Waals surface area contributed by atoms with Crippen LogP contribution in [0.25, 0.3) is 0 Å². The molecule has 0 fully saturated rings. The lowest BCUT2D eigenvalue weighted by Gasteiger charge is -2.29. The molecule has 0 aliphatic carbocycles. The Labute approximate surface area is 224 Å². The molecule has 0 saturated carbocycles. The third kappa shape index (κ3) is 8.39. The summed E-state index contributed by atoms with van der Waals surface area (Å²) in [5.74, 6) is -0.507. The van der Waals surface area contributed by atoms with E-state index >= 15 is 0 Å². The van der Waals surface area contributed by atoms with Gasteiger partial charge in [0.15, 0.2) is 0 Å². The minimum absolute atomic E-state index is 0.0730. The third-order valence-corrected chi connectivity index (χ3v) is 7.92. The second-order valence-electron chi connectivity index (χ2n) is 8.94. The largest absolute Gasteiger partial charge is 0.354 e. The van der Waals surface area contributed by atoms with Crippen LogP contribution in [-0.2, 0) is 26.2 Å². The van der Waals surface area contributed by atoms with Crippen molar-refractivity contribution in [2.24, 2.45) is 0 Å². The second-order valence-corrected chi connectivity index (χ2v) is 11.7. The Balaban J connectivity index is 2.19. The number of sulfonamides is 1. The summed E-state index contributed by atoms with van der Waals surface area (Å²) in [5, 5.41) is 3.60. The van der Waals surface area contributed by atoms with Gasteiger partial charge in [0.2, 0.25) is 21.8 Å². The quantitative estimate of drug-likeness (QED) is 0.394. The fraction of sp³-hybridized carbons (Fsp3) is 0.462. The van der Waals surface area contributed by atoms with Crippen LogP contribution in [0.5, 0.6) is 0 Å². The van der Waals surface area contributed by atoms with Gasteiger partial charge in [-0.2, -0.15) is 0 Å². The van der Waals surface area contributed by atoms with Crippen LogP contribution in [0, 0.1) is 13.8 Å². The van der Waals surface area contributed by atoms with Crippen LogP contribution in [0.2, 0.25) is 10.0 Å². The van der Waals surface area contributed by atoms with Gasteiger partial charge in [-0.15, -0.1) is 0 Å². The molecule has 36 heavy (non-hydrogen) atoms. The summed E-state index contributed by atoms with van der Waals surface area (Å²) in [6.45, 7) is 8.34. The van der Waals surface area contributed by atoms with Crippen molar-refractivity contribution in [2.45, 2.75) is 59.5 Å². The van der Waals surface area contributed by atoms with Crippen LogP contribution >= 0.6 is 23.2 Å². The molecule has 7 nitrogen and oxygen atoms in total. The fourth-order valence-corrected chi connectivity index (χ4v) is 4.98. The average Bonchev–Trinajstić information content (AvgIpc) is 2.81. The van der Waals surface area contributed by atoms with Crippen molar-refractivity contribution in [3.05, 3.63) is 63.1 Å². The molecule has 2 aromatic rings. The number of halogens is 2. The van der Waals surface area contributed by atoms with Crippen molar-refractivity contribution in [3.8, 4) is 0 Å². The lowest BCUT2D eigenvalue weighted by atomic mass is 10.1. The van der Waals surface area contributed by atoms with Gasteiger partial charge in [-0.25, -0.2) is 8.42 Å². The number of aryl methyl sites for hydroxylation is 2. The Morgan fingerprint density at radius 1 is 1.03 bits per heavy atom. The van der Waals surface area contributed by atoms with Crippen molar-refractivity contribution in [1.82, 2.24) is 10.2 Å². The lowest BCUT2D eigenvalue weighted by molar-refractivity contribution is -0.140. The van der Waals surface area contributed by atoms with Gasteiger partial charge in [0, 0.05) is 26.1 Å². The van der Waals surface area contributed by atoms with Crippen LogP contribution in [0.1, 0.15) is 49.8 Å². The number of hydrogen-bond acceptors (Lipinski definition) is 4. The molecule has 1 atom stereocenters. The zero-order chi connectivity index (χ0) is 27.0. The smallest absolute Gasteiger partial charge is 0.242 e. The summed E-state index contributed by atoms with van der Waals surface area (Å²) >= 11 is 12.2. The summed E-state index contributed by atoms with van der Waals surface area (Å²) in [6.07, 6.45) is 2.29. The molecule has 0 bridgehead atoms. The molecule has 198 valence electrons. The number of hydrogen-bond donors (Lipinski definition) is 1. The highest BCUT2D eigenvalue weighted by molar-refractivity contribution is 7.92. The Bertz CT molecular complexity index is 1190. The SMILES string of the molecule is CCCNC(=O)[C@@H](C)N(Cc1ccc(Cl)c(Cl)c1)C(=O)CCCN(c1ccc(C)c(C)c1)S(C)(=O)=O. The molecule has 0 unspecified atom stereocenters. The van der Waals surface area contributed by atoms with Gasteiger partial charge in [0.1, 0.15) is 6.04 Å². The number of amides is 2. The molecule has 0 aliphatic heterocycles. The molecule has 0 spiro atoms. The highest BCUT2D eigenvalue weighted by Crippen LogP contribution is 2.25. The zero-order valence-corrected chi connectivity index (χ0v) is 23.8. The van der Waals surface area contributed by atoms with Gasteiger partial charge >= 0.3 is 0 Å². The number of carbonyl (C=O) groups excluding carboxylic acids is 2. The summed E-state index contributed by atoms with van der Waals surface area (Å²) in [5.41, 5.74) is 3.35. The van der Waals surface area contributed by atoms with Crippen LogP contribution in [0.3, 0.4) is 0 Å². The van der Waals surface area contributed by atoms with E-state index in [1.54, 1.807) is 31.2 Å². The molecule has 2 rings (SSSR count). The topological polar surface area (TPSA) is 86.8 Å². The highest BCUT2D eigenvalue weighted by atomic mass is 35.5. The van der Waals surface area contributed by atoms with E-state index in [1.165, 1.54) is 9.21 Å². The lowest BCUT2D eigenvalue weighted by Crippen LogP contribution is -2.47. The Hall–Kier alpha value is -2.29. The van der Waals surface area contributed by atoms with Gasteiger partial charge in [0.05, 0.1) is 22.0 Å². The number of carbonyl (C=O) groups is 2. The Morgan fingerprint density at radius 3 is 2.31 bits per heavy atom. The van der Waals surface area contributed by atoms with Gasteiger partial charge in [-0.05, 0) is 74.6 Å². The Kier molecular flexibility index (Phi) is 11.1. The van der Waals surface area contributed by atoms with Gasteiger partial charge < -0.3 is 10.2 Å². The van der Waals surface area contributed by atoms with E-state index in [0.29, 0.717) is 28.7 Å². The number of benzene rings is 2. The maximum atomic E-state index is 13.3. The molecule has 2 amide bonds. The minimum Gasteiger partial charge on any atom is -0.354 e. The maximum Gasteiger partial charge on any atom is 0.242 e. The third-order valence-electron chi connectivity index (χ3n) is 5.98. The van der Waals surface area contributed by atoms with E-state index < -0.39 is 16.1 Å². The molecule has 0 aliphatic rings. The molecular formula is C26H35Cl2N3O4S. The molecular weight excluding hydrogens is 521 g/mol. The summed E-state index contributed by atoms with van der Waals surface area (Å²) in [4.78, 5) is 27.5. The molecule has 2 aromatic carbocycles. The predicted molar refractivity (Wildman–Crippen MR) is 147 cm³/mol. The second kappa shape index (κ2) is 13.3. The fourth-order valence-electron chi connectivity index (χ4n) is 3.70. The van der Waals surface area contributed by atoms with Crippen molar-refractivity contribution in [2.75, 3.05) is 23.7 Å².